The molecule has 0 saturated heterocycles. The van der Waals surface area contributed by atoms with Gasteiger partial charge in [0.05, 0.1) is 0 Å². The van der Waals surface area contributed by atoms with E-state index in [2.05, 4.69) is 37.3 Å². The molecule has 0 heteroatoms. The van der Waals surface area contributed by atoms with Crippen LogP contribution in [-0.2, 0) is 0 Å². The molecule has 0 bridgehead atoms. The Morgan fingerprint density at radius 3 is 2.78 bits per heavy atom. The van der Waals surface area contributed by atoms with Gasteiger partial charge in [-0.05, 0) is 19.8 Å². The zero-order valence-electron chi connectivity index (χ0n) is 6.15. The molecule has 0 aliphatic rings. The Morgan fingerprint density at radius 1 is 1.44 bits per heavy atom. The minimum absolute atomic E-state index is 0.882. The third kappa shape index (κ3) is 7.30. The van der Waals surface area contributed by atoms with Gasteiger partial charge in [0.2, 0.25) is 0 Å². The Labute approximate surface area is 58.0 Å². The SMILES string of the molecule is CC#CC[CH]C=CCC. The van der Waals surface area contributed by atoms with Gasteiger partial charge in [0.1, 0.15) is 0 Å². The first kappa shape index (κ1) is 8.30. The van der Waals surface area contributed by atoms with E-state index >= 15 is 0 Å². The maximum atomic E-state index is 2.95. The van der Waals surface area contributed by atoms with Gasteiger partial charge in [0.15, 0.2) is 0 Å². The number of allylic oxidation sites excluding steroid dienone is 2. The van der Waals surface area contributed by atoms with Crippen LogP contribution in [0.4, 0.5) is 0 Å². The Balaban J connectivity index is 3.06. The van der Waals surface area contributed by atoms with E-state index in [1.165, 1.54) is 0 Å². The number of rotatable bonds is 3. The number of hydrogen-bond donors (Lipinski definition) is 0. The van der Waals surface area contributed by atoms with Gasteiger partial charge in [-0.1, -0.05) is 19.1 Å². The molecule has 0 aromatic carbocycles. The molecule has 0 heterocycles. The molecule has 0 fully saturated rings. The lowest BCUT2D eigenvalue weighted by atomic mass is 10.3. The van der Waals surface area contributed by atoms with Crippen LogP contribution in [-0.4, -0.2) is 0 Å². The highest BCUT2D eigenvalue weighted by molar-refractivity contribution is 5.05. The molecule has 0 nitrogen and oxygen atoms in total. The Morgan fingerprint density at radius 2 is 2.22 bits per heavy atom. The molecule has 0 amide bonds. The highest BCUT2D eigenvalue weighted by Crippen LogP contribution is 1.88. The summed E-state index contributed by atoms with van der Waals surface area (Å²) in [5.41, 5.74) is 0. The summed E-state index contributed by atoms with van der Waals surface area (Å²) in [6, 6.07) is 0. The van der Waals surface area contributed by atoms with E-state index in [-0.39, 0.29) is 0 Å². The lowest BCUT2D eigenvalue weighted by Gasteiger charge is -1.80. The van der Waals surface area contributed by atoms with E-state index < -0.39 is 0 Å². The fraction of sp³-hybridized carbons (Fsp3) is 0.444. The van der Waals surface area contributed by atoms with E-state index in [4.69, 9.17) is 0 Å². The molecular weight excluding hydrogens is 108 g/mol. The fourth-order valence-corrected chi connectivity index (χ4v) is 0.461. The molecule has 0 aromatic rings. The van der Waals surface area contributed by atoms with Crippen molar-refractivity contribution in [3.05, 3.63) is 18.6 Å². The monoisotopic (exact) mass is 121 g/mol. The molecule has 9 heavy (non-hydrogen) atoms. The van der Waals surface area contributed by atoms with Crippen LogP contribution in [0.15, 0.2) is 12.2 Å². The lowest BCUT2D eigenvalue weighted by Crippen LogP contribution is -1.65. The van der Waals surface area contributed by atoms with Gasteiger partial charge in [-0.3, -0.25) is 0 Å². The van der Waals surface area contributed by atoms with E-state index in [9.17, 15) is 0 Å². The predicted molar refractivity (Wildman–Crippen MR) is 41.8 cm³/mol. The van der Waals surface area contributed by atoms with Gasteiger partial charge >= 0.3 is 0 Å². The summed E-state index contributed by atoms with van der Waals surface area (Å²) >= 11 is 0. The van der Waals surface area contributed by atoms with Crippen molar-refractivity contribution in [2.75, 3.05) is 0 Å². The number of unbranched alkanes of at least 4 members (excludes halogenated alkanes) is 1. The minimum atomic E-state index is 0.882. The summed E-state index contributed by atoms with van der Waals surface area (Å²) in [5, 5.41) is 0. The molecule has 49 valence electrons. The maximum Gasteiger partial charge on any atom is 0.0158 e. The molecule has 0 aliphatic carbocycles. The number of hydrogen-bond acceptors (Lipinski definition) is 0. The summed E-state index contributed by atoms with van der Waals surface area (Å²) in [7, 11) is 0. The molecule has 0 spiro atoms. The van der Waals surface area contributed by atoms with Crippen LogP contribution >= 0.6 is 0 Å². The molecule has 0 aliphatic heterocycles. The quantitative estimate of drug-likeness (QED) is 0.397. The predicted octanol–water partition coefficient (Wildman–Crippen LogP) is 2.57. The van der Waals surface area contributed by atoms with Crippen molar-refractivity contribution in [3.8, 4) is 11.8 Å². The van der Waals surface area contributed by atoms with Crippen LogP contribution in [0.3, 0.4) is 0 Å². The molecule has 0 atom stereocenters. The molecule has 0 saturated carbocycles. The largest absolute Gasteiger partial charge is 0.107 e. The first-order chi connectivity index (χ1) is 4.41. The fourth-order valence-electron chi connectivity index (χ4n) is 0.461. The first-order valence-electron chi connectivity index (χ1n) is 3.29. The van der Waals surface area contributed by atoms with Crippen LogP contribution in [0.5, 0.6) is 0 Å². The Hall–Kier alpha value is -0.700. The van der Waals surface area contributed by atoms with Gasteiger partial charge in [0, 0.05) is 6.42 Å². The van der Waals surface area contributed by atoms with Crippen LogP contribution in [0.25, 0.3) is 0 Å². The van der Waals surface area contributed by atoms with Crippen molar-refractivity contribution in [1.82, 2.24) is 0 Å². The first-order valence-corrected chi connectivity index (χ1v) is 3.29. The molecule has 0 rings (SSSR count). The van der Waals surface area contributed by atoms with Crippen molar-refractivity contribution in [3.63, 3.8) is 0 Å². The average molecular weight is 121 g/mol. The van der Waals surface area contributed by atoms with Crippen LogP contribution in [0, 0.1) is 18.3 Å². The highest BCUT2D eigenvalue weighted by atomic mass is 13.8. The van der Waals surface area contributed by atoms with Crippen molar-refractivity contribution >= 4 is 0 Å². The van der Waals surface area contributed by atoms with Crippen molar-refractivity contribution in [2.45, 2.75) is 26.7 Å². The second kappa shape index (κ2) is 7.30. The van der Waals surface area contributed by atoms with Crippen LogP contribution in [0.2, 0.25) is 0 Å². The van der Waals surface area contributed by atoms with E-state index in [1.54, 1.807) is 0 Å². The smallest absolute Gasteiger partial charge is 0.0158 e. The van der Waals surface area contributed by atoms with Crippen LogP contribution in [0.1, 0.15) is 26.7 Å². The third-order valence-corrected chi connectivity index (χ3v) is 0.905. The zero-order valence-corrected chi connectivity index (χ0v) is 6.15. The summed E-state index contributed by atoms with van der Waals surface area (Å²) < 4.78 is 0. The third-order valence-electron chi connectivity index (χ3n) is 0.905. The summed E-state index contributed by atoms with van der Waals surface area (Å²) in [6.07, 6.45) is 8.24. The van der Waals surface area contributed by atoms with Crippen molar-refractivity contribution < 1.29 is 0 Å². The zero-order chi connectivity index (χ0) is 6.95. The van der Waals surface area contributed by atoms with Gasteiger partial charge in [-0.2, -0.15) is 0 Å². The molecular formula is C9H13. The van der Waals surface area contributed by atoms with Crippen molar-refractivity contribution in [2.24, 2.45) is 0 Å². The van der Waals surface area contributed by atoms with E-state index in [0.29, 0.717) is 0 Å². The summed E-state index contributed by atoms with van der Waals surface area (Å²) in [5.74, 6) is 5.78. The normalized spacial score (nSPS) is 9.11. The van der Waals surface area contributed by atoms with Gasteiger partial charge in [-0.25, -0.2) is 0 Å². The summed E-state index contributed by atoms with van der Waals surface area (Å²) in [4.78, 5) is 0. The van der Waals surface area contributed by atoms with Crippen molar-refractivity contribution in [1.29, 1.82) is 0 Å². The second-order valence-corrected chi connectivity index (χ2v) is 1.70. The Kier molecular flexibility index (Phi) is 6.73. The highest BCUT2D eigenvalue weighted by Gasteiger charge is 1.72. The van der Waals surface area contributed by atoms with E-state index in [0.717, 1.165) is 12.8 Å². The second-order valence-electron chi connectivity index (χ2n) is 1.70. The van der Waals surface area contributed by atoms with E-state index in [1.807, 2.05) is 6.92 Å². The molecule has 0 aromatic heterocycles. The topological polar surface area (TPSA) is 0 Å². The Bertz CT molecular complexity index is 121. The maximum absolute atomic E-state index is 2.95. The average Bonchev–Trinajstić information content (AvgIpc) is 1.89. The van der Waals surface area contributed by atoms with Gasteiger partial charge in [-0.15, -0.1) is 11.8 Å². The molecule has 0 unspecified atom stereocenters. The molecule has 0 N–H and O–H groups in total. The van der Waals surface area contributed by atoms with Gasteiger partial charge in [0.25, 0.3) is 0 Å². The summed E-state index contributed by atoms with van der Waals surface area (Å²) in [6.45, 7) is 3.98. The molecule has 1 radical (unpaired) electrons. The lowest BCUT2D eigenvalue weighted by molar-refractivity contribution is 1.21. The minimum Gasteiger partial charge on any atom is -0.107 e. The standard InChI is InChI=1S/C9H13/c1-3-5-7-9-8-6-4-2/h5,7,9H,3,8H2,1-2H3. The van der Waals surface area contributed by atoms with Gasteiger partial charge < -0.3 is 0 Å². The van der Waals surface area contributed by atoms with Crippen LogP contribution < -0.4 is 0 Å².